The second-order valence-corrected chi connectivity index (χ2v) is 8.98. The molecule has 3 rings (SSSR count). The van der Waals surface area contributed by atoms with Gasteiger partial charge in [-0.25, -0.2) is 10.3 Å². The van der Waals surface area contributed by atoms with Crippen molar-refractivity contribution >= 4 is 35.0 Å². The summed E-state index contributed by atoms with van der Waals surface area (Å²) in [4.78, 5) is 24.8. The molecule has 31 heavy (non-hydrogen) atoms. The van der Waals surface area contributed by atoms with Crippen LogP contribution in [0.5, 0.6) is 0 Å². The summed E-state index contributed by atoms with van der Waals surface area (Å²) in [6, 6.07) is 7.55. The first-order valence-corrected chi connectivity index (χ1v) is 10.4. The van der Waals surface area contributed by atoms with Crippen molar-refractivity contribution in [3.05, 3.63) is 51.4 Å². The Hall–Kier alpha value is -2.91. The van der Waals surface area contributed by atoms with Crippen molar-refractivity contribution in [1.29, 1.82) is 0 Å². The van der Waals surface area contributed by atoms with Crippen LogP contribution in [0.15, 0.2) is 24.3 Å². The number of halogens is 1. The molecule has 1 fully saturated rings. The van der Waals surface area contributed by atoms with Gasteiger partial charge in [-0.15, -0.1) is 0 Å². The van der Waals surface area contributed by atoms with Crippen molar-refractivity contribution in [1.82, 2.24) is 14.9 Å². The molecule has 0 spiro atoms. The highest BCUT2D eigenvalue weighted by molar-refractivity contribution is 6.32. The number of nitrogens with zero attached hydrogens (tertiary/aromatic N) is 4. The van der Waals surface area contributed by atoms with Crippen LogP contribution in [0, 0.1) is 5.21 Å². The summed E-state index contributed by atoms with van der Waals surface area (Å²) in [5, 5.41) is 16.6. The van der Waals surface area contributed by atoms with E-state index in [4.69, 9.17) is 17.3 Å². The highest BCUT2D eigenvalue weighted by Gasteiger charge is 2.26. The number of likely N-dealkylation sites (N-methyl/N-ethyl adjacent to an activating group) is 1. The summed E-state index contributed by atoms with van der Waals surface area (Å²) in [6.07, 6.45) is 0. The molecule has 0 atom stereocenters. The second kappa shape index (κ2) is 9.07. The highest BCUT2D eigenvalue weighted by atomic mass is 35.5. The maximum Gasteiger partial charge on any atom is 0.284 e. The molecule has 4 N–H and O–H groups in total. The molecule has 166 valence electrons. The number of carbonyl (C=O) groups excluding carboxylic acids is 1. The summed E-state index contributed by atoms with van der Waals surface area (Å²) in [5.41, 5.74) is 7.07. The Morgan fingerprint density at radius 1 is 1.16 bits per heavy atom. The molecule has 1 aliphatic heterocycles. The lowest BCUT2D eigenvalue weighted by Crippen LogP contribution is -2.68. The quantitative estimate of drug-likeness (QED) is 0.274. The zero-order valence-corrected chi connectivity index (χ0v) is 19.0. The topological polar surface area (TPSA) is 124 Å². The minimum absolute atomic E-state index is 0.0186. The predicted octanol–water partition coefficient (Wildman–Crippen LogP) is 0.715. The molecule has 0 aliphatic carbocycles. The van der Waals surface area contributed by atoms with Gasteiger partial charge in [0.1, 0.15) is 0 Å². The predicted molar refractivity (Wildman–Crippen MR) is 122 cm³/mol. The first-order valence-electron chi connectivity index (χ1n) is 10.0. The summed E-state index contributed by atoms with van der Waals surface area (Å²) >= 11 is 6.31. The number of nitrogens with one attached hydrogen (secondary N) is 2. The number of rotatable bonds is 4. The summed E-state index contributed by atoms with van der Waals surface area (Å²) in [5.74, 6) is -0.154. The van der Waals surface area contributed by atoms with Crippen LogP contribution in [-0.2, 0) is 5.41 Å². The van der Waals surface area contributed by atoms with Crippen molar-refractivity contribution < 1.29 is 9.95 Å². The van der Waals surface area contributed by atoms with E-state index in [1.54, 1.807) is 0 Å². The van der Waals surface area contributed by atoms with Crippen LogP contribution in [0.3, 0.4) is 0 Å². The van der Waals surface area contributed by atoms with Crippen molar-refractivity contribution in [2.24, 2.45) is 5.73 Å². The molecule has 1 aromatic heterocycles. The Kier molecular flexibility index (Phi) is 6.66. The van der Waals surface area contributed by atoms with E-state index in [-0.39, 0.29) is 27.9 Å². The Morgan fingerprint density at radius 2 is 1.77 bits per heavy atom. The van der Waals surface area contributed by atoms with Gasteiger partial charge in [-0.1, -0.05) is 44.5 Å². The SMILES string of the molecule is CN1CCN(c2nc(N/C(=[NH+]\[O-])c3ccc(C(C)(C)C)cc3)c(C(N)=O)nc2Cl)CC1. The van der Waals surface area contributed by atoms with Crippen LogP contribution < -0.4 is 21.1 Å². The largest absolute Gasteiger partial charge is 0.717 e. The molecule has 1 aromatic carbocycles. The van der Waals surface area contributed by atoms with Gasteiger partial charge < -0.3 is 20.7 Å². The molecule has 1 aliphatic rings. The van der Waals surface area contributed by atoms with E-state index >= 15 is 0 Å². The van der Waals surface area contributed by atoms with Crippen molar-refractivity contribution in [3.8, 4) is 0 Å². The van der Waals surface area contributed by atoms with Gasteiger partial charge in [0.05, 0.1) is 5.56 Å². The van der Waals surface area contributed by atoms with Crippen LogP contribution in [0.25, 0.3) is 0 Å². The lowest BCUT2D eigenvalue weighted by molar-refractivity contribution is -0.372. The average Bonchev–Trinajstić information content (AvgIpc) is 2.72. The minimum atomic E-state index is -0.796. The molecule has 2 aromatic rings. The highest BCUT2D eigenvalue weighted by Crippen LogP contribution is 2.27. The Bertz CT molecular complexity index is 978. The van der Waals surface area contributed by atoms with Crippen LogP contribution in [0.1, 0.15) is 42.4 Å². The first-order chi connectivity index (χ1) is 14.6. The van der Waals surface area contributed by atoms with E-state index in [0.717, 1.165) is 18.7 Å². The standard InChI is InChI=1S/C21H28ClN7O2/c1-21(2,3)14-7-5-13(6-8-14)18(27-31)25-19-15(17(23)30)24-16(22)20(26-19)29-11-9-28(4)10-12-29/h5-8H,9-12H2,1-4H3,(H4-,23,24,25,26,27,30,31). The van der Waals surface area contributed by atoms with E-state index in [0.29, 0.717) is 24.5 Å². The van der Waals surface area contributed by atoms with Gasteiger partial charge in [-0.2, -0.15) is 4.98 Å². The van der Waals surface area contributed by atoms with Gasteiger partial charge in [0.15, 0.2) is 16.7 Å². The maximum absolute atomic E-state index is 12.0. The second-order valence-electron chi connectivity index (χ2n) is 8.62. The molecule has 1 saturated heterocycles. The smallest absolute Gasteiger partial charge is 0.284 e. The van der Waals surface area contributed by atoms with Gasteiger partial charge in [0, 0.05) is 26.2 Å². The summed E-state index contributed by atoms with van der Waals surface area (Å²) < 4.78 is 0. The molecular weight excluding hydrogens is 418 g/mol. The van der Waals surface area contributed by atoms with Crippen LogP contribution in [-0.4, -0.2) is 59.8 Å². The molecule has 2 heterocycles. The number of amidine groups is 1. The molecule has 0 saturated carbocycles. The number of piperazine rings is 1. The van der Waals surface area contributed by atoms with Gasteiger partial charge in [-0.05, 0) is 30.2 Å². The van der Waals surface area contributed by atoms with Gasteiger partial charge in [0.2, 0.25) is 0 Å². The molecule has 9 nitrogen and oxygen atoms in total. The maximum atomic E-state index is 12.0. The van der Waals surface area contributed by atoms with Crippen molar-refractivity contribution in [2.75, 3.05) is 43.4 Å². The number of primary amides is 1. The zero-order valence-electron chi connectivity index (χ0n) is 18.2. The number of benzene rings is 1. The van der Waals surface area contributed by atoms with Gasteiger partial charge >= 0.3 is 0 Å². The number of hydrogen-bond donors (Lipinski definition) is 3. The van der Waals surface area contributed by atoms with Crippen molar-refractivity contribution in [2.45, 2.75) is 26.2 Å². The Labute approximate surface area is 186 Å². The first kappa shape index (κ1) is 22.8. The van der Waals surface area contributed by atoms with Crippen molar-refractivity contribution in [3.63, 3.8) is 0 Å². The normalized spacial score (nSPS) is 15.8. The monoisotopic (exact) mass is 445 g/mol. The van der Waals surface area contributed by atoms with Crippen LogP contribution >= 0.6 is 11.6 Å². The van der Waals surface area contributed by atoms with E-state index in [1.165, 1.54) is 0 Å². The number of carbonyl (C=O) groups is 1. The fraction of sp³-hybridized carbons (Fsp3) is 0.429. The van der Waals surface area contributed by atoms with E-state index < -0.39 is 5.91 Å². The zero-order chi connectivity index (χ0) is 22.8. The third kappa shape index (κ3) is 5.23. The number of anilines is 2. The molecular formula is C21H28ClN7O2. The number of hydrogen-bond acceptors (Lipinski definition) is 6. The van der Waals surface area contributed by atoms with Crippen LogP contribution in [0.4, 0.5) is 11.6 Å². The fourth-order valence-corrected chi connectivity index (χ4v) is 3.54. The minimum Gasteiger partial charge on any atom is -0.717 e. The van der Waals surface area contributed by atoms with Crippen LogP contribution in [0.2, 0.25) is 5.15 Å². The summed E-state index contributed by atoms with van der Waals surface area (Å²) in [6.45, 7) is 9.45. The number of nitrogens with two attached hydrogens (primary N) is 1. The molecule has 0 bridgehead atoms. The molecule has 0 radical (unpaired) electrons. The average molecular weight is 446 g/mol. The van der Waals surface area contributed by atoms with E-state index in [9.17, 15) is 10.0 Å². The summed E-state index contributed by atoms with van der Waals surface area (Å²) in [7, 11) is 2.04. The Morgan fingerprint density at radius 3 is 2.29 bits per heavy atom. The lowest BCUT2D eigenvalue weighted by Gasteiger charge is -2.33. The molecule has 1 amide bonds. The fourth-order valence-electron chi connectivity index (χ4n) is 3.30. The lowest BCUT2D eigenvalue weighted by atomic mass is 9.86. The van der Waals surface area contributed by atoms with Gasteiger partial charge in [0.25, 0.3) is 17.6 Å². The third-order valence-electron chi connectivity index (χ3n) is 5.26. The van der Waals surface area contributed by atoms with E-state index in [2.05, 4.69) is 41.0 Å². The number of aromatic nitrogens is 2. The third-order valence-corrected chi connectivity index (χ3v) is 5.51. The molecule has 10 heteroatoms. The van der Waals surface area contributed by atoms with E-state index in [1.807, 2.05) is 41.4 Å². The van der Waals surface area contributed by atoms with Gasteiger partial charge in [-0.3, -0.25) is 9.95 Å². The molecule has 0 unspecified atom stereocenters. The number of amides is 1. The Balaban J connectivity index is 1.94.